The maximum atomic E-state index is 14.8. The van der Waals surface area contributed by atoms with Crippen molar-refractivity contribution >= 4 is 63.9 Å². The Hall–Kier alpha value is -1.81. The number of carbonyl (C=O) groups is 2. The van der Waals surface area contributed by atoms with Crippen LogP contribution in [0.3, 0.4) is 0 Å². The first-order chi connectivity index (χ1) is 14.7. The van der Waals surface area contributed by atoms with Crippen LogP contribution in [0.4, 0.5) is 27.6 Å². The Kier molecular flexibility index (Phi) is 6.87. The zero-order valence-corrected chi connectivity index (χ0v) is 18.5. The van der Waals surface area contributed by atoms with Crippen molar-refractivity contribution in [3.8, 4) is 0 Å². The highest BCUT2D eigenvalue weighted by molar-refractivity contribution is 6.53. The molecule has 2 atom stereocenters. The zero-order valence-electron chi connectivity index (χ0n) is 15.5. The van der Waals surface area contributed by atoms with Gasteiger partial charge in [-0.3, -0.25) is 9.59 Å². The predicted molar refractivity (Wildman–Crippen MR) is 111 cm³/mol. The fraction of sp³-hybridized carbons (Fsp3) is 0.263. The number of benzene rings is 2. The maximum absolute atomic E-state index is 14.8. The summed E-state index contributed by atoms with van der Waals surface area (Å²) in [6.07, 6.45) is -4.72. The van der Waals surface area contributed by atoms with Crippen LogP contribution in [-0.2, 0) is 4.79 Å². The highest BCUT2D eigenvalue weighted by Crippen LogP contribution is 2.65. The molecule has 1 fully saturated rings. The number of halogens is 9. The molecule has 0 aliphatic heterocycles. The molecular formula is C19H11Cl4F5N2O2. The van der Waals surface area contributed by atoms with Gasteiger partial charge in [-0.1, -0.05) is 29.3 Å². The van der Waals surface area contributed by atoms with Gasteiger partial charge in [0.05, 0.1) is 27.2 Å². The monoisotopic (exact) mass is 534 g/mol. The summed E-state index contributed by atoms with van der Waals surface area (Å²) in [5.74, 6) is -6.19. The summed E-state index contributed by atoms with van der Waals surface area (Å²) in [6, 6.07) is 5.71. The SMILES string of the molecule is O=C(NCC(F)(F)F)c1c(Cl)ccc(NC(=O)[C@H]2[C@H](c3ccc(F)c(Cl)c3)C2(Cl)Cl)c1F. The van der Waals surface area contributed by atoms with Crippen LogP contribution in [0.5, 0.6) is 0 Å². The summed E-state index contributed by atoms with van der Waals surface area (Å²) in [4.78, 5) is 24.6. The first kappa shape index (κ1) is 24.8. The molecular weight excluding hydrogens is 525 g/mol. The molecule has 32 heavy (non-hydrogen) atoms. The largest absolute Gasteiger partial charge is 0.405 e. The van der Waals surface area contributed by atoms with Crippen LogP contribution in [-0.4, -0.2) is 28.9 Å². The minimum atomic E-state index is -4.72. The maximum Gasteiger partial charge on any atom is 0.405 e. The number of amides is 2. The molecule has 13 heteroatoms. The van der Waals surface area contributed by atoms with E-state index in [1.807, 2.05) is 0 Å². The average molecular weight is 536 g/mol. The lowest BCUT2D eigenvalue weighted by atomic mass is 10.1. The van der Waals surface area contributed by atoms with E-state index in [-0.39, 0.29) is 5.02 Å². The van der Waals surface area contributed by atoms with Gasteiger partial charge in [0.15, 0.2) is 5.82 Å². The lowest BCUT2D eigenvalue weighted by Crippen LogP contribution is -2.34. The van der Waals surface area contributed by atoms with E-state index in [9.17, 15) is 31.5 Å². The van der Waals surface area contributed by atoms with E-state index in [1.54, 1.807) is 0 Å². The number of nitrogens with one attached hydrogen (secondary N) is 2. The van der Waals surface area contributed by atoms with E-state index >= 15 is 0 Å². The fourth-order valence-electron chi connectivity index (χ4n) is 3.11. The Morgan fingerprint density at radius 2 is 1.69 bits per heavy atom. The standard InChI is InChI=1S/C19H11Cl4F5N2O2/c20-8-2-4-11(15(25)12(8)16(31)29-6-18(26,27)28)30-17(32)14-13(19(14,22)23)7-1-3-10(24)9(21)5-7/h1-5,13-14H,6H2,(H,29,31)(H,30,32)/t13-,14+/m0/s1. The van der Waals surface area contributed by atoms with Crippen LogP contribution in [0.1, 0.15) is 21.8 Å². The quantitative estimate of drug-likeness (QED) is 0.359. The molecule has 0 radical (unpaired) electrons. The van der Waals surface area contributed by atoms with Crippen LogP contribution in [0, 0.1) is 17.6 Å². The average Bonchev–Trinajstić information content (AvgIpc) is 3.26. The second kappa shape index (κ2) is 8.85. The molecule has 4 nitrogen and oxygen atoms in total. The first-order valence-corrected chi connectivity index (χ1v) is 10.2. The van der Waals surface area contributed by atoms with Gasteiger partial charge >= 0.3 is 6.18 Å². The Balaban J connectivity index is 1.81. The highest BCUT2D eigenvalue weighted by Gasteiger charge is 2.67. The minimum absolute atomic E-state index is 0.212. The molecule has 2 amide bonds. The molecule has 3 rings (SSSR count). The van der Waals surface area contributed by atoms with Gasteiger partial charge in [0.2, 0.25) is 5.91 Å². The Labute approximate surface area is 198 Å². The molecule has 1 aliphatic carbocycles. The number of hydrogen-bond acceptors (Lipinski definition) is 2. The van der Waals surface area contributed by atoms with Crippen molar-refractivity contribution in [3.63, 3.8) is 0 Å². The van der Waals surface area contributed by atoms with Crippen molar-refractivity contribution in [2.24, 2.45) is 5.92 Å². The van der Waals surface area contributed by atoms with Gasteiger partial charge < -0.3 is 10.6 Å². The van der Waals surface area contributed by atoms with Gasteiger partial charge in [-0.15, -0.1) is 23.2 Å². The molecule has 0 aromatic heterocycles. The van der Waals surface area contributed by atoms with Gasteiger partial charge in [0.25, 0.3) is 5.91 Å². The van der Waals surface area contributed by atoms with Crippen LogP contribution in [0.15, 0.2) is 30.3 Å². The molecule has 1 saturated carbocycles. The summed E-state index contributed by atoms with van der Waals surface area (Å²) in [5, 5.41) is 3.02. The summed E-state index contributed by atoms with van der Waals surface area (Å²) in [7, 11) is 0. The lowest BCUT2D eigenvalue weighted by Gasteiger charge is -2.13. The van der Waals surface area contributed by atoms with Crippen molar-refractivity contribution in [2.75, 3.05) is 11.9 Å². The van der Waals surface area contributed by atoms with Crippen LogP contribution >= 0.6 is 46.4 Å². The second-order valence-electron chi connectivity index (χ2n) is 6.87. The van der Waals surface area contributed by atoms with Gasteiger partial charge in [0.1, 0.15) is 16.7 Å². The topological polar surface area (TPSA) is 58.2 Å². The minimum Gasteiger partial charge on any atom is -0.343 e. The molecule has 0 unspecified atom stereocenters. The highest BCUT2D eigenvalue weighted by atomic mass is 35.5. The third kappa shape index (κ3) is 5.06. The van der Waals surface area contributed by atoms with Gasteiger partial charge in [-0.2, -0.15) is 13.2 Å². The van der Waals surface area contributed by atoms with Crippen LogP contribution in [0.25, 0.3) is 0 Å². The Morgan fingerprint density at radius 1 is 1.03 bits per heavy atom. The van der Waals surface area contributed by atoms with Gasteiger partial charge in [-0.05, 0) is 29.8 Å². The summed E-state index contributed by atoms with van der Waals surface area (Å²) < 4.78 is 63.5. The van der Waals surface area contributed by atoms with Crippen LogP contribution in [0.2, 0.25) is 10.0 Å². The Morgan fingerprint density at radius 3 is 2.28 bits per heavy atom. The first-order valence-electron chi connectivity index (χ1n) is 8.70. The van der Waals surface area contributed by atoms with E-state index in [2.05, 4.69) is 5.32 Å². The van der Waals surface area contributed by atoms with E-state index in [0.29, 0.717) is 5.56 Å². The molecule has 172 valence electrons. The second-order valence-corrected chi connectivity index (χ2v) is 9.13. The Bertz CT molecular complexity index is 1090. The van der Waals surface area contributed by atoms with Gasteiger partial charge in [0, 0.05) is 5.92 Å². The number of rotatable bonds is 5. The number of anilines is 1. The lowest BCUT2D eigenvalue weighted by molar-refractivity contribution is -0.123. The van der Waals surface area contributed by atoms with Crippen LogP contribution < -0.4 is 10.6 Å². The molecule has 0 bridgehead atoms. The number of alkyl halides is 5. The number of carbonyl (C=O) groups excluding carboxylic acids is 2. The van der Waals surface area contributed by atoms with E-state index in [1.165, 1.54) is 17.4 Å². The van der Waals surface area contributed by atoms with Crippen molar-refractivity contribution in [2.45, 2.75) is 16.4 Å². The smallest absolute Gasteiger partial charge is 0.343 e. The molecule has 0 heterocycles. The molecule has 0 saturated heterocycles. The fourth-order valence-corrected chi connectivity index (χ4v) is 4.36. The molecule has 2 N–H and O–H groups in total. The van der Waals surface area contributed by atoms with Crippen molar-refractivity contribution in [3.05, 3.63) is 63.1 Å². The van der Waals surface area contributed by atoms with Crippen molar-refractivity contribution in [1.29, 1.82) is 0 Å². The third-order valence-corrected chi connectivity index (χ3v) is 6.21. The molecule has 2 aromatic rings. The summed E-state index contributed by atoms with van der Waals surface area (Å²) in [6.45, 7) is -1.71. The summed E-state index contributed by atoms with van der Waals surface area (Å²) >= 11 is 23.8. The van der Waals surface area contributed by atoms with Crippen molar-refractivity contribution < 1.29 is 31.5 Å². The molecule has 0 spiro atoms. The van der Waals surface area contributed by atoms with Crippen molar-refractivity contribution in [1.82, 2.24) is 5.32 Å². The predicted octanol–water partition coefficient (Wildman–Crippen LogP) is 6.09. The third-order valence-electron chi connectivity index (χ3n) is 4.66. The van der Waals surface area contributed by atoms with Gasteiger partial charge in [-0.25, -0.2) is 8.78 Å². The molecule has 1 aliphatic rings. The van der Waals surface area contributed by atoms with E-state index < -0.39 is 68.6 Å². The molecule has 2 aromatic carbocycles. The number of hydrogen-bond donors (Lipinski definition) is 2. The van der Waals surface area contributed by atoms with E-state index in [0.717, 1.165) is 18.2 Å². The normalized spacial score (nSPS) is 19.4. The van der Waals surface area contributed by atoms with E-state index in [4.69, 9.17) is 46.4 Å². The summed E-state index contributed by atoms with van der Waals surface area (Å²) in [5.41, 5.74) is -1.04. The zero-order chi connectivity index (χ0) is 24.0.